The largest absolute Gasteiger partial charge is 0.496 e. The number of aliphatic hydroxyl groups excluding tert-OH is 1. The van der Waals surface area contributed by atoms with Crippen LogP contribution in [0.3, 0.4) is 0 Å². The summed E-state index contributed by atoms with van der Waals surface area (Å²) in [4.78, 5) is 0. The predicted octanol–water partition coefficient (Wildman–Crippen LogP) is 3.64. The Labute approximate surface area is 122 Å². The number of methoxy groups -OCH3 is 2. The zero-order chi connectivity index (χ0) is 14.5. The number of halogens is 1. The van der Waals surface area contributed by atoms with Gasteiger partial charge in [0.05, 0.1) is 25.8 Å². The van der Waals surface area contributed by atoms with Crippen molar-refractivity contribution in [1.82, 2.24) is 0 Å². The van der Waals surface area contributed by atoms with E-state index in [-0.39, 0.29) is 6.61 Å². The van der Waals surface area contributed by atoms with Crippen LogP contribution in [0.25, 0.3) is 0 Å². The van der Waals surface area contributed by atoms with Crippen LogP contribution in [-0.2, 0) is 6.61 Å². The summed E-state index contributed by atoms with van der Waals surface area (Å²) in [5, 5.41) is 9.48. The maximum absolute atomic E-state index is 9.05. The molecule has 106 valence electrons. The van der Waals surface area contributed by atoms with Crippen molar-refractivity contribution < 1.29 is 19.3 Å². The molecule has 0 aliphatic carbocycles. The number of ether oxygens (including phenoxy) is 3. The first-order valence-electron chi connectivity index (χ1n) is 5.96. The lowest BCUT2D eigenvalue weighted by Crippen LogP contribution is -1.91. The van der Waals surface area contributed by atoms with Gasteiger partial charge < -0.3 is 19.3 Å². The molecule has 1 N–H and O–H groups in total. The van der Waals surface area contributed by atoms with E-state index in [1.54, 1.807) is 50.6 Å². The van der Waals surface area contributed by atoms with E-state index in [1.165, 1.54) is 0 Å². The van der Waals surface area contributed by atoms with Gasteiger partial charge in [-0.05, 0) is 17.7 Å². The molecule has 0 aromatic heterocycles. The minimum absolute atomic E-state index is 0.0625. The van der Waals surface area contributed by atoms with Crippen LogP contribution in [0.1, 0.15) is 5.56 Å². The Kier molecular flexibility index (Phi) is 4.71. The van der Waals surface area contributed by atoms with Crippen molar-refractivity contribution in [2.45, 2.75) is 6.61 Å². The highest BCUT2D eigenvalue weighted by molar-refractivity contribution is 6.32. The van der Waals surface area contributed by atoms with E-state index < -0.39 is 0 Å². The Morgan fingerprint density at radius 2 is 1.55 bits per heavy atom. The highest BCUT2D eigenvalue weighted by Gasteiger charge is 2.07. The number of rotatable bonds is 5. The van der Waals surface area contributed by atoms with Crippen molar-refractivity contribution in [2.24, 2.45) is 0 Å². The van der Waals surface area contributed by atoms with E-state index in [1.807, 2.05) is 0 Å². The second-order valence-corrected chi connectivity index (χ2v) is 4.48. The molecular weight excluding hydrogens is 280 g/mol. The summed E-state index contributed by atoms with van der Waals surface area (Å²) < 4.78 is 16.1. The van der Waals surface area contributed by atoms with Crippen molar-refractivity contribution in [2.75, 3.05) is 14.2 Å². The molecule has 0 aliphatic rings. The summed E-state index contributed by atoms with van der Waals surface area (Å²) >= 11 is 6.11. The molecule has 0 saturated heterocycles. The highest BCUT2D eigenvalue weighted by Crippen LogP contribution is 2.34. The molecule has 5 heteroatoms. The number of hydrogen-bond donors (Lipinski definition) is 1. The Morgan fingerprint density at radius 3 is 2.05 bits per heavy atom. The molecule has 2 aromatic carbocycles. The first kappa shape index (κ1) is 14.5. The molecule has 0 atom stereocenters. The van der Waals surface area contributed by atoms with Crippen molar-refractivity contribution in [3.05, 3.63) is 47.0 Å². The molecule has 0 spiro atoms. The smallest absolute Gasteiger partial charge is 0.146 e. The van der Waals surface area contributed by atoms with E-state index in [0.29, 0.717) is 28.0 Å². The average molecular weight is 295 g/mol. The zero-order valence-corrected chi connectivity index (χ0v) is 12.0. The summed E-state index contributed by atoms with van der Waals surface area (Å²) in [6.07, 6.45) is 0. The van der Waals surface area contributed by atoms with E-state index in [0.717, 1.165) is 5.56 Å². The summed E-state index contributed by atoms with van der Waals surface area (Å²) in [5.41, 5.74) is 0.727. The zero-order valence-electron chi connectivity index (χ0n) is 11.2. The Morgan fingerprint density at radius 1 is 0.950 bits per heavy atom. The molecule has 0 amide bonds. The lowest BCUT2D eigenvalue weighted by molar-refractivity contribution is 0.281. The molecule has 0 heterocycles. The third-order valence-electron chi connectivity index (χ3n) is 2.73. The molecule has 20 heavy (non-hydrogen) atoms. The van der Waals surface area contributed by atoms with E-state index in [9.17, 15) is 0 Å². The van der Waals surface area contributed by atoms with Gasteiger partial charge in [0, 0.05) is 18.2 Å². The van der Waals surface area contributed by atoms with Gasteiger partial charge in [0.1, 0.15) is 23.0 Å². The minimum Gasteiger partial charge on any atom is -0.496 e. The molecule has 0 radical (unpaired) electrons. The molecule has 0 unspecified atom stereocenters. The van der Waals surface area contributed by atoms with Crippen LogP contribution in [0.15, 0.2) is 36.4 Å². The number of hydrogen-bond acceptors (Lipinski definition) is 4. The third kappa shape index (κ3) is 3.35. The molecule has 2 rings (SSSR count). The van der Waals surface area contributed by atoms with Crippen LogP contribution in [0.4, 0.5) is 0 Å². The van der Waals surface area contributed by atoms with Crippen LogP contribution < -0.4 is 14.2 Å². The number of benzene rings is 2. The second kappa shape index (κ2) is 6.50. The molecule has 4 nitrogen and oxygen atoms in total. The van der Waals surface area contributed by atoms with Crippen LogP contribution >= 0.6 is 11.6 Å². The monoisotopic (exact) mass is 294 g/mol. The van der Waals surface area contributed by atoms with Gasteiger partial charge in [-0.15, -0.1) is 0 Å². The average Bonchev–Trinajstić information content (AvgIpc) is 2.48. The quantitative estimate of drug-likeness (QED) is 0.914. The fourth-order valence-electron chi connectivity index (χ4n) is 1.69. The molecular formula is C15H15ClO4. The standard InChI is InChI=1S/C15H15ClO4/c1-18-11-6-12(19-2)8-13(7-11)20-15-4-3-10(9-17)5-14(15)16/h3-8,17H,9H2,1-2H3. The van der Waals surface area contributed by atoms with Crippen LogP contribution in [0.5, 0.6) is 23.0 Å². The normalized spacial score (nSPS) is 10.2. The molecule has 0 saturated carbocycles. The van der Waals surface area contributed by atoms with Gasteiger partial charge in [-0.3, -0.25) is 0 Å². The van der Waals surface area contributed by atoms with Crippen LogP contribution in [-0.4, -0.2) is 19.3 Å². The lowest BCUT2D eigenvalue weighted by atomic mass is 10.2. The molecule has 0 fully saturated rings. The van der Waals surface area contributed by atoms with Crippen LogP contribution in [0.2, 0.25) is 5.02 Å². The summed E-state index contributed by atoms with van der Waals surface area (Å²) in [5.74, 6) is 2.31. The van der Waals surface area contributed by atoms with E-state index in [2.05, 4.69) is 0 Å². The minimum atomic E-state index is -0.0625. The van der Waals surface area contributed by atoms with Crippen molar-refractivity contribution in [1.29, 1.82) is 0 Å². The van der Waals surface area contributed by atoms with Gasteiger partial charge in [-0.1, -0.05) is 17.7 Å². The first-order valence-corrected chi connectivity index (χ1v) is 6.34. The van der Waals surface area contributed by atoms with Crippen LogP contribution in [0, 0.1) is 0 Å². The van der Waals surface area contributed by atoms with Gasteiger partial charge in [-0.25, -0.2) is 0 Å². The van der Waals surface area contributed by atoms with Gasteiger partial charge >= 0.3 is 0 Å². The third-order valence-corrected chi connectivity index (χ3v) is 3.03. The number of aliphatic hydroxyl groups is 1. The summed E-state index contributed by atoms with van der Waals surface area (Å²) in [6.45, 7) is -0.0625. The first-order chi connectivity index (χ1) is 9.66. The molecule has 0 bridgehead atoms. The maximum Gasteiger partial charge on any atom is 0.146 e. The maximum atomic E-state index is 9.05. The Balaban J connectivity index is 2.29. The topological polar surface area (TPSA) is 47.9 Å². The molecule has 2 aromatic rings. The highest BCUT2D eigenvalue weighted by atomic mass is 35.5. The second-order valence-electron chi connectivity index (χ2n) is 4.07. The van der Waals surface area contributed by atoms with Crippen molar-refractivity contribution in [3.63, 3.8) is 0 Å². The fourth-order valence-corrected chi connectivity index (χ4v) is 1.93. The van der Waals surface area contributed by atoms with Crippen molar-refractivity contribution >= 4 is 11.6 Å². The lowest BCUT2D eigenvalue weighted by Gasteiger charge is -2.11. The Hall–Kier alpha value is -1.91. The summed E-state index contributed by atoms with van der Waals surface area (Å²) in [6, 6.07) is 10.3. The SMILES string of the molecule is COc1cc(OC)cc(Oc2ccc(CO)cc2Cl)c1. The Bertz CT molecular complexity index is 576. The van der Waals surface area contributed by atoms with Gasteiger partial charge in [0.2, 0.25) is 0 Å². The predicted molar refractivity (Wildman–Crippen MR) is 77.0 cm³/mol. The van der Waals surface area contributed by atoms with Gasteiger partial charge in [-0.2, -0.15) is 0 Å². The molecule has 0 aliphatic heterocycles. The van der Waals surface area contributed by atoms with Crippen molar-refractivity contribution in [3.8, 4) is 23.0 Å². The van der Waals surface area contributed by atoms with E-state index >= 15 is 0 Å². The van der Waals surface area contributed by atoms with Gasteiger partial charge in [0.15, 0.2) is 0 Å². The fraction of sp³-hybridized carbons (Fsp3) is 0.200. The van der Waals surface area contributed by atoms with Gasteiger partial charge in [0.25, 0.3) is 0 Å². The van der Waals surface area contributed by atoms with E-state index in [4.69, 9.17) is 30.9 Å². The summed E-state index contributed by atoms with van der Waals surface area (Å²) in [7, 11) is 3.14.